The highest BCUT2D eigenvalue weighted by molar-refractivity contribution is 5.95. The highest BCUT2D eigenvalue weighted by atomic mass is 16.1. The van der Waals surface area contributed by atoms with Gasteiger partial charge in [-0.05, 0) is 25.5 Å². The van der Waals surface area contributed by atoms with Gasteiger partial charge in [0.25, 0.3) is 5.91 Å². The van der Waals surface area contributed by atoms with Crippen molar-refractivity contribution in [3.05, 3.63) is 47.9 Å². The Morgan fingerprint density at radius 1 is 1.18 bits per heavy atom. The van der Waals surface area contributed by atoms with Crippen molar-refractivity contribution in [2.75, 3.05) is 11.9 Å². The fourth-order valence-corrected chi connectivity index (χ4v) is 1.80. The molecule has 2 N–H and O–H groups in total. The van der Waals surface area contributed by atoms with Gasteiger partial charge in [-0.3, -0.25) is 9.59 Å². The topological polar surface area (TPSA) is 84.0 Å². The third-order valence-electron chi connectivity index (χ3n) is 2.96. The largest absolute Gasteiger partial charge is 0.351 e. The van der Waals surface area contributed by atoms with Gasteiger partial charge in [0, 0.05) is 17.8 Å². The summed E-state index contributed by atoms with van der Waals surface area (Å²) in [5, 5.41) is 5.79. The second-order valence-electron chi connectivity index (χ2n) is 4.80. The molecule has 6 nitrogen and oxygen atoms in total. The quantitative estimate of drug-likeness (QED) is 0.801. The summed E-state index contributed by atoms with van der Waals surface area (Å²) >= 11 is 0. The molecule has 22 heavy (non-hydrogen) atoms. The molecule has 0 aliphatic carbocycles. The number of hydrogen-bond acceptors (Lipinski definition) is 5. The number of amides is 1. The van der Waals surface area contributed by atoms with Crippen LogP contribution in [-0.4, -0.2) is 28.2 Å². The summed E-state index contributed by atoms with van der Waals surface area (Å²) in [4.78, 5) is 31.3. The Kier molecular flexibility index (Phi) is 5.19. The average Bonchev–Trinajstić information content (AvgIpc) is 2.53. The van der Waals surface area contributed by atoms with Crippen molar-refractivity contribution in [2.24, 2.45) is 0 Å². The SMILES string of the molecule is CCCNC(=O)c1cnc(Nc2cccc(C(C)=O)c2)cn1. The summed E-state index contributed by atoms with van der Waals surface area (Å²) in [6, 6.07) is 7.11. The second-order valence-corrected chi connectivity index (χ2v) is 4.80. The number of nitrogens with one attached hydrogen (secondary N) is 2. The molecule has 114 valence electrons. The number of benzene rings is 1. The highest BCUT2D eigenvalue weighted by Gasteiger charge is 2.07. The maximum Gasteiger partial charge on any atom is 0.271 e. The van der Waals surface area contributed by atoms with Gasteiger partial charge < -0.3 is 10.6 Å². The normalized spacial score (nSPS) is 10.1. The molecule has 2 rings (SSSR count). The number of anilines is 2. The molecular formula is C16H18N4O2. The summed E-state index contributed by atoms with van der Waals surface area (Å²) in [7, 11) is 0. The van der Waals surface area contributed by atoms with Crippen LogP contribution in [0, 0.1) is 0 Å². The van der Waals surface area contributed by atoms with Gasteiger partial charge in [0.1, 0.15) is 11.5 Å². The molecule has 2 aromatic rings. The van der Waals surface area contributed by atoms with Gasteiger partial charge >= 0.3 is 0 Å². The fourth-order valence-electron chi connectivity index (χ4n) is 1.80. The number of ketones is 1. The zero-order valence-corrected chi connectivity index (χ0v) is 12.6. The first-order valence-electron chi connectivity index (χ1n) is 7.08. The van der Waals surface area contributed by atoms with E-state index < -0.39 is 0 Å². The molecule has 0 bridgehead atoms. The lowest BCUT2D eigenvalue weighted by molar-refractivity contribution is 0.0947. The van der Waals surface area contributed by atoms with E-state index in [9.17, 15) is 9.59 Å². The lowest BCUT2D eigenvalue weighted by Gasteiger charge is -2.07. The predicted octanol–water partition coefficient (Wildman–Crippen LogP) is 2.56. The van der Waals surface area contributed by atoms with Gasteiger partial charge in [-0.15, -0.1) is 0 Å². The van der Waals surface area contributed by atoms with Crippen molar-refractivity contribution < 1.29 is 9.59 Å². The molecule has 0 aliphatic rings. The second kappa shape index (κ2) is 7.31. The molecule has 1 aromatic carbocycles. The van der Waals surface area contributed by atoms with Crippen molar-refractivity contribution in [1.82, 2.24) is 15.3 Å². The van der Waals surface area contributed by atoms with Crippen LogP contribution in [0.4, 0.5) is 11.5 Å². The first-order chi connectivity index (χ1) is 10.6. The van der Waals surface area contributed by atoms with Crippen molar-refractivity contribution >= 4 is 23.2 Å². The highest BCUT2D eigenvalue weighted by Crippen LogP contribution is 2.15. The average molecular weight is 298 g/mol. The van der Waals surface area contributed by atoms with Crippen LogP contribution < -0.4 is 10.6 Å². The Morgan fingerprint density at radius 3 is 2.64 bits per heavy atom. The van der Waals surface area contributed by atoms with E-state index in [2.05, 4.69) is 20.6 Å². The summed E-state index contributed by atoms with van der Waals surface area (Å²) < 4.78 is 0. The predicted molar refractivity (Wildman–Crippen MR) is 84.4 cm³/mol. The minimum absolute atomic E-state index is 0.00215. The zero-order chi connectivity index (χ0) is 15.9. The van der Waals surface area contributed by atoms with Gasteiger partial charge in [-0.25, -0.2) is 9.97 Å². The molecule has 0 unspecified atom stereocenters. The minimum atomic E-state index is -0.237. The van der Waals surface area contributed by atoms with Crippen LogP contribution >= 0.6 is 0 Å². The standard InChI is InChI=1S/C16H18N4O2/c1-3-7-17-16(22)14-9-19-15(10-18-14)20-13-6-4-5-12(8-13)11(2)21/h4-6,8-10H,3,7H2,1-2H3,(H,17,22)(H,19,20). The van der Waals surface area contributed by atoms with Crippen LogP contribution in [0.3, 0.4) is 0 Å². The molecule has 6 heteroatoms. The molecule has 1 heterocycles. The Labute approximate surface area is 129 Å². The molecule has 0 aliphatic heterocycles. The number of Topliss-reactive ketones (excluding diaryl/α,β-unsaturated/α-hetero) is 1. The van der Waals surface area contributed by atoms with E-state index in [-0.39, 0.29) is 17.4 Å². The monoisotopic (exact) mass is 298 g/mol. The van der Waals surface area contributed by atoms with Crippen molar-refractivity contribution in [2.45, 2.75) is 20.3 Å². The minimum Gasteiger partial charge on any atom is -0.351 e. The van der Waals surface area contributed by atoms with Crippen molar-refractivity contribution in [3.63, 3.8) is 0 Å². The summed E-state index contributed by atoms with van der Waals surface area (Å²) in [6.45, 7) is 4.11. The number of hydrogen-bond donors (Lipinski definition) is 2. The molecule has 0 saturated carbocycles. The lowest BCUT2D eigenvalue weighted by Crippen LogP contribution is -2.25. The molecular weight excluding hydrogens is 280 g/mol. The van der Waals surface area contributed by atoms with Gasteiger partial charge in [-0.2, -0.15) is 0 Å². The van der Waals surface area contributed by atoms with Crippen molar-refractivity contribution in [1.29, 1.82) is 0 Å². The Bertz CT molecular complexity index is 668. The third-order valence-corrected chi connectivity index (χ3v) is 2.96. The first kappa shape index (κ1) is 15.6. The van der Waals surface area contributed by atoms with Crippen LogP contribution in [0.2, 0.25) is 0 Å². The van der Waals surface area contributed by atoms with Gasteiger partial charge in [0.15, 0.2) is 5.78 Å². The number of aromatic nitrogens is 2. The van der Waals surface area contributed by atoms with E-state index >= 15 is 0 Å². The van der Waals surface area contributed by atoms with E-state index in [1.165, 1.54) is 19.3 Å². The van der Waals surface area contributed by atoms with Crippen LogP contribution in [-0.2, 0) is 0 Å². The molecule has 0 fully saturated rings. The van der Waals surface area contributed by atoms with Crippen molar-refractivity contribution in [3.8, 4) is 0 Å². The fraction of sp³-hybridized carbons (Fsp3) is 0.250. The molecule has 0 atom stereocenters. The Morgan fingerprint density at radius 2 is 2.00 bits per heavy atom. The summed E-state index contributed by atoms with van der Waals surface area (Å²) in [5.41, 5.74) is 1.63. The van der Waals surface area contributed by atoms with E-state index in [4.69, 9.17) is 0 Å². The Balaban J connectivity index is 2.06. The maximum atomic E-state index is 11.7. The van der Waals surface area contributed by atoms with Gasteiger partial charge in [0.2, 0.25) is 0 Å². The molecule has 1 aromatic heterocycles. The summed E-state index contributed by atoms with van der Waals surface area (Å²) in [6.07, 6.45) is 3.77. The third kappa shape index (κ3) is 4.12. The number of carbonyl (C=O) groups excluding carboxylic acids is 2. The van der Waals surface area contributed by atoms with Gasteiger partial charge in [0.05, 0.1) is 12.4 Å². The molecule has 0 saturated heterocycles. The first-order valence-corrected chi connectivity index (χ1v) is 7.08. The van der Waals surface area contributed by atoms with Crippen LogP contribution in [0.25, 0.3) is 0 Å². The van der Waals surface area contributed by atoms with Gasteiger partial charge in [-0.1, -0.05) is 19.1 Å². The van der Waals surface area contributed by atoms with Crippen LogP contribution in [0.1, 0.15) is 41.1 Å². The smallest absolute Gasteiger partial charge is 0.271 e. The molecule has 1 amide bonds. The summed E-state index contributed by atoms with van der Waals surface area (Å²) in [5.74, 6) is 0.268. The van der Waals surface area contributed by atoms with E-state index in [1.54, 1.807) is 18.2 Å². The molecule has 0 radical (unpaired) electrons. The number of nitrogens with zero attached hydrogens (tertiary/aromatic N) is 2. The Hall–Kier alpha value is -2.76. The zero-order valence-electron chi connectivity index (χ0n) is 12.6. The maximum absolute atomic E-state index is 11.7. The van der Waals surface area contributed by atoms with E-state index in [0.29, 0.717) is 17.9 Å². The number of carbonyl (C=O) groups is 2. The van der Waals surface area contributed by atoms with Crippen LogP contribution in [0.5, 0.6) is 0 Å². The van der Waals surface area contributed by atoms with E-state index in [1.807, 2.05) is 13.0 Å². The lowest BCUT2D eigenvalue weighted by atomic mass is 10.1. The molecule has 0 spiro atoms. The number of rotatable bonds is 6. The van der Waals surface area contributed by atoms with E-state index in [0.717, 1.165) is 12.1 Å². The van der Waals surface area contributed by atoms with Crippen LogP contribution in [0.15, 0.2) is 36.7 Å².